The molecule has 5 heteroatoms. The topological polar surface area (TPSA) is 37.3 Å². The van der Waals surface area contributed by atoms with E-state index in [4.69, 9.17) is 0 Å². The number of aliphatic carboxylic acids is 1. The van der Waals surface area contributed by atoms with Crippen molar-refractivity contribution in [2.45, 2.75) is 19.3 Å². The first-order chi connectivity index (χ1) is 9.91. The van der Waals surface area contributed by atoms with Crippen LogP contribution in [0.4, 0.5) is 8.78 Å². The molecule has 1 atom stereocenters. The molecule has 0 aliphatic rings. The van der Waals surface area contributed by atoms with Crippen LogP contribution >= 0.6 is 15.9 Å². The lowest BCUT2D eigenvalue weighted by Gasteiger charge is -2.16. The number of benzene rings is 2. The second-order valence-electron chi connectivity index (χ2n) is 4.77. The van der Waals surface area contributed by atoms with Gasteiger partial charge in [-0.15, -0.1) is 0 Å². The van der Waals surface area contributed by atoms with E-state index in [0.717, 1.165) is 11.6 Å². The molecule has 0 saturated carbocycles. The third-order valence-electron chi connectivity index (χ3n) is 3.41. The largest absolute Gasteiger partial charge is 0.481 e. The summed E-state index contributed by atoms with van der Waals surface area (Å²) in [6.45, 7) is 1.78. The van der Waals surface area contributed by atoms with Gasteiger partial charge in [-0.25, -0.2) is 8.78 Å². The number of carboxylic acid groups (broad SMARTS) is 1. The molecule has 0 radical (unpaired) electrons. The highest BCUT2D eigenvalue weighted by Crippen LogP contribution is 2.29. The normalized spacial score (nSPS) is 12.2. The van der Waals surface area contributed by atoms with Gasteiger partial charge in [0.25, 0.3) is 0 Å². The Morgan fingerprint density at radius 3 is 2.52 bits per heavy atom. The monoisotopic (exact) mass is 354 g/mol. The molecule has 2 aromatic rings. The lowest BCUT2D eigenvalue weighted by molar-refractivity contribution is -0.138. The molecule has 0 bridgehead atoms. The van der Waals surface area contributed by atoms with E-state index in [0.29, 0.717) is 5.56 Å². The van der Waals surface area contributed by atoms with Gasteiger partial charge in [0, 0.05) is 5.56 Å². The summed E-state index contributed by atoms with van der Waals surface area (Å²) in [4.78, 5) is 11.5. The molecule has 110 valence electrons. The molecule has 0 amide bonds. The maximum Gasteiger partial charge on any atom is 0.311 e. The zero-order valence-corrected chi connectivity index (χ0v) is 12.8. The van der Waals surface area contributed by atoms with Crippen LogP contribution in [0.2, 0.25) is 0 Å². The molecule has 0 aromatic heterocycles. The number of hydrogen-bond donors (Lipinski definition) is 1. The summed E-state index contributed by atoms with van der Waals surface area (Å²) in [7, 11) is 0. The van der Waals surface area contributed by atoms with Crippen LogP contribution in [-0.2, 0) is 11.2 Å². The SMILES string of the molecule is Cc1ccccc1C(Cc1c(F)ccc(Br)c1F)C(=O)O. The number of rotatable bonds is 4. The summed E-state index contributed by atoms with van der Waals surface area (Å²) in [6, 6.07) is 9.34. The molecule has 1 N–H and O–H groups in total. The molecule has 0 heterocycles. The molecular formula is C16H13BrF2O2. The minimum Gasteiger partial charge on any atom is -0.481 e. The molecule has 0 saturated heterocycles. The van der Waals surface area contributed by atoms with Gasteiger partial charge in [-0.2, -0.15) is 0 Å². The van der Waals surface area contributed by atoms with E-state index in [1.165, 1.54) is 6.07 Å². The summed E-state index contributed by atoms with van der Waals surface area (Å²) in [5.74, 6) is -3.60. The Morgan fingerprint density at radius 2 is 1.90 bits per heavy atom. The van der Waals surface area contributed by atoms with Gasteiger partial charge in [0.15, 0.2) is 0 Å². The predicted molar refractivity (Wildman–Crippen MR) is 79.3 cm³/mol. The lowest BCUT2D eigenvalue weighted by atomic mass is 9.89. The summed E-state index contributed by atoms with van der Waals surface area (Å²) >= 11 is 2.99. The zero-order valence-electron chi connectivity index (χ0n) is 11.2. The van der Waals surface area contributed by atoms with E-state index in [-0.39, 0.29) is 16.5 Å². The van der Waals surface area contributed by atoms with Crippen molar-refractivity contribution in [1.82, 2.24) is 0 Å². The van der Waals surface area contributed by atoms with Crippen LogP contribution in [0.15, 0.2) is 40.9 Å². The van der Waals surface area contributed by atoms with E-state index in [1.807, 2.05) is 0 Å². The Morgan fingerprint density at radius 1 is 1.24 bits per heavy atom. The van der Waals surface area contributed by atoms with Gasteiger partial charge < -0.3 is 5.11 Å². The maximum absolute atomic E-state index is 14.0. The van der Waals surface area contributed by atoms with Crippen molar-refractivity contribution in [2.75, 3.05) is 0 Å². The van der Waals surface area contributed by atoms with Crippen molar-refractivity contribution in [1.29, 1.82) is 0 Å². The van der Waals surface area contributed by atoms with E-state index >= 15 is 0 Å². The number of hydrogen-bond acceptors (Lipinski definition) is 1. The average Bonchev–Trinajstić information content (AvgIpc) is 2.44. The number of carboxylic acids is 1. The van der Waals surface area contributed by atoms with Crippen LogP contribution in [0.25, 0.3) is 0 Å². The van der Waals surface area contributed by atoms with E-state index in [9.17, 15) is 18.7 Å². The lowest BCUT2D eigenvalue weighted by Crippen LogP contribution is -2.17. The van der Waals surface area contributed by atoms with Crippen molar-refractivity contribution in [3.63, 3.8) is 0 Å². The molecule has 2 nitrogen and oxygen atoms in total. The van der Waals surface area contributed by atoms with E-state index < -0.39 is 23.5 Å². The first-order valence-corrected chi connectivity index (χ1v) is 7.11. The fraction of sp³-hybridized carbons (Fsp3) is 0.188. The summed E-state index contributed by atoms with van der Waals surface area (Å²) in [5.41, 5.74) is 1.12. The molecule has 0 aliphatic carbocycles. The van der Waals surface area contributed by atoms with Crippen molar-refractivity contribution in [3.8, 4) is 0 Å². The van der Waals surface area contributed by atoms with Gasteiger partial charge in [-0.3, -0.25) is 4.79 Å². The first-order valence-electron chi connectivity index (χ1n) is 6.32. The van der Waals surface area contributed by atoms with Gasteiger partial charge in [0.1, 0.15) is 11.6 Å². The summed E-state index contributed by atoms with van der Waals surface area (Å²) < 4.78 is 28.0. The van der Waals surface area contributed by atoms with Crippen molar-refractivity contribution in [3.05, 3.63) is 69.2 Å². The molecule has 2 rings (SSSR count). The van der Waals surface area contributed by atoms with Gasteiger partial charge in [0.2, 0.25) is 0 Å². The van der Waals surface area contributed by atoms with Gasteiger partial charge in [-0.05, 0) is 52.5 Å². The van der Waals surface area contributed by atoms with Crippen molar-refractivity contribution >= 4 is 21.9 Å². The Kier molecular flexibility index (Phi) is 4.73. The Hall–Kier alpha value is -1.75. The van der Waals surface area contributed by atoms with Crippen LogP contribution in [0.1, 0.15) is 22.6 Å². The van der Waals surface area contributed by atoms with E-state index in [2.05, 4.69) is 15.9 Å². The average molecular weight is 355 g/mol. The first kappa shape index (κ1) is 15.6. The van der Waals surface area contributed by atoms with Gasteiger partial charge in [0.05, 0.1) is 10.4 Å². The van der Waals surface area contributed by atoms with Crippen molar-refractivity contribution < 1.29 is 18.7 Å². The second-order valence-corrected chi connectivity index (χ2v) is 5.63. The summed E-state index contributed by atoms with van der Waals surface area (Å²) in [5, 5.41) is 9.41. The Balaban J connectivity index is 2.46. The molecule has 0 spiro atoms. The Labute approximate surface area is 129 Å². The standard InChI is InChI=1S/C16H13BrF2O2/c1-9-4-2-3-5-10(9)11(16(20)21)8-12-14(18)7-6-13(17)15(12)19/h2-7,11H,8H2,1H3,(H,20,21). The number of aryl methyl sites for hydroxylation is 1. The fourth-order valence-electron chi connectivity index (χ4n) is 2.27. The highest BCUT2D eigenvalue weighted by atomic mass is 79.9. The molecule has 1 unspecified atom stereocenters. The second kappa shape index (κ2) is 6.35. The molecule has 0 aliphatic heterocycles. The molecule has 0 fully saturated rings. The van der Waals surface area contributed by atoms with Crippen LogP contribution in [0.3, 0.4) is 0 Å². The predicted octanol–water partition coefficient (Wildman–Crippen LogP) is 4.45. The molecule has 2 aromatic carbocycles. The smallest absolute Gasteiger partial charge is 0.311 e. The third kappa shape index (κ3) is 3.29. The van der Waals surface area contributed by atoms with Gasteiger partial charge >= 0.3 is 5.97 Å². The van der Waals surface area contributed by atoms with Crippen LogP contribution < -0.4 is 0 Å². The Bertz CT molecular complexity index is 686. The van der Waals surface area contributed by atoms with Crippen LogP contribution in [0.5, 0.6) is 0 Å². The third-order valence-corrected chi connectivity index (χ3v) is 4.02. The summed E-state index contributed by atoms with van der Waals surface area (Å²) in [6.07, 6.45) is -0.239. The zero-order chi connectivity index (χ0) is 15.6. The minimum atomic E-state index is -1.11. The number of carbonyl (C=O) groups is 1. The van der Waals surface area contributed by atoms with E-state index in [1.54, 1.807) is 31.2 Å². The minimum absolute atomic E-state index is 0.118. The molecule has 21 heavy (non-hydrogen) atoms. The number of halogens is 3. The maximum atomic E-state index is 14.0. The fourth-order valence-corrected chi connectivity index (χ4v) is 2.64. The van der Waals surface area contributed by atoms with Crippen LogP contribution in [0, 0.1) is 18.6 Å². The highest BCUT2D eigenvalue weighted by Gasteiger charge is 2.25. The van der Waals surface area contributed by atoms with Crippen molar-refractivity contribution in [2.24, 2.45) is 0 Å². The highest BCUT2D eigenvalue weighted by molar-refractivity contribution is 9.10. The van der Waals surface area contributed by atoms with Gasteiger partial charge in [-0.1, -0.05) is 24.3 Å². The molecular weight excluding hydrogens is 342 g/mol. The quantitative estimate of drug-likeness (QED) is 0.823. The van der Waals surface area contributed by atoms with Crippen LogP contribution in [-0.4, -0.2) is 11.1 Å².